The Morgan fingerprint density at radius 3 is 2.75 bits per heavy atom. The van der Waals surface area contributed by atoms with Crippen LogP contribution in [0, 0.1) is 12.7 Å². The van der Waals surface area contributed by atoms with E-state index in [1.54, 1.807) is 13.0 Å². The van der Waals surface area contributed by atoms with Gasteiger partial charge in [0.05, 0.1) is 4.90 Å². The van der Waals surface area contributed by atoms with E-state index >= 15 is 0 Å². The summed E-state index contributed by atoms with van der Waals surface area (Å²) in [6, 6.07) is 9.15. The summed E-state index contributed by atoms with van der Waals surface area (Å²) in [6.07, 6.45) is 2.36. The second-order valence-corrected chi connectivity index (χ2v) is 7.73. The van der Waals surface area contributed by atoms with Crippen molar-refractivity contribution in [2.75, 3.05) is 6.54 Å². The fraction of sp³-hybridized carbons (Fsp3) is 0.176. The zero-order chi connectivity index (χ0) is 17.3. The van der Waals surface area contributed by atoms with E-state index in [0.29, 0.717) is 17.0 Å². The van der Waals surface area contributed by atoms with Crippen LogP contribution in [-0.2, 0) is 16.4 Å². The molecule has 2 aromatic carbocycles. The maximum absolute atomic E-state index is 13.1. The van der Waals surface area contributed by atoms with Crippen LogP contribution in [0.1, 0.15) is 11.1 Å². The van der Waals surface area contributed by atoms with E-state index in [1.165, 1.54) is 12.1 Å². The second-order valence-electron chi connectivity index (χ2n) is 5.56. The molecule has 0 aliphatic heterocycles. The number of rotatable bonds is 5. The Bertz CT molecular complexity index is 999. The maximum atomic E-state index is 13.1. The molecule has 0 unspecified atom stereocenters. The zero-order valence-corrected chi connectivity index (χ0v) is 14.5. The third-order valence-corrected chi connectivity index (χ3v) is 5.70. The predicted octanol–water partition coefficient (Wildman–Crippen LogP) is 3.79. The van der Waals surface area contributed by atoms with Crippen molar-refractivity contribution in [2.45, 2.75) is 18.2 Å². The van der Waals surface area contributed by atoms with Crippen molar-refractivity contribution in [2.24, 2.45) is 0 Å². The lowest BCUT2D eigenvalue weighted by atomic mass is 10.1. The number of hydrogen-bond acceptors (Lipinski definition) is 2. The number of fused-ring (bicyclic) bond motifs is 1. The molecule has 24 heavy (non-hydrogen) atoms. The molecule has 126 valence electrons. The molecular formula is C17H16ClFN2O2S. The second kappa shape index (κ2) is 6.55. The average molecular weight is 367 g/mol. The number of aryl methyl sites for hydroxylation is 1. The predicted molar refractivity (Wildman–Crippen MR) is 93.3 cm³/mol. The van der Waals surface area contributed by atoms with Crippen molar-refractivity contribution < 1.29 is 12.8 Å². The number of hydrogen-bond donors (Lipinski definition) is 2. The summed E-state index contributed by atoms with van der Waals surface area (Å²) >= 11 is 6.01. The van der Waals surface area contributed by atoms with Crippen molar-refractivity contribution in [3.63, 3.8) is 0 Å². The Balaban J connectivity index is 1.74. The first-order valence-corrected chi connectivity index (χ1v) is 9.24. The first-order chi connectivity index (χ1) is 11.4. The van der Waals surface area contributed by atoms with Gasteiger partial charge in [0, 0.05) is 28.7 Å². The molecule has 0 radical (unpaired) electrons. The Morgan fingerprint density at radius 1 is 1.21 bits per heavy atom. The van der Waals surface area contributed by atoms with Gasteiger partial charge < -0.3 is 4.98 Å². The molecule has 3 aromatic rings. The van der Waals surface area contributed by atoms with Gasteiger partial charge in [-0.3, -0.25) is 0 Å². The van der Waals surface area contributed by atoms with Gasteiger partial charge in [-0.15, -0.1) is 0 Å². The lowest BCUT2D eigenvalue weighted by molar-refractivity contribution is 0.580. The monoisotopic (exact) mass is 366 g/mol. The molecule has 0 fully saturated rings. The van der Waals surface area contributed by atoms with Crippen LogP contribution in [0.3, 0.4) is 0 Å². The van der Waals surface area contributed by atoms with Crippen LogP contribution in [0.25, 0.3) is 10.9 Å². The molecule has 0 atom stereocenters. The molecule has 7 heteroatoms. The minimum absolute atomic E-state index is 0.0888. The molecule has 0 aliphatic carbocycles. The summed E-state index contributed by atoms with van der Waals surface area (Å²) in [4.78, 5) is 3.22. The van der Waals surface area contributed by atoms with Gasteiger partial charge >= 0.3 is 0 Å². The molecule has 0 saturated heterocycles. The Morgan fingerprint density at radius 2 is 2.00 bits per heavy atom. The molecule has 0 amide bonds. The average Bonchev–Trinajstić information content (AvgIpc) is 2.89. The fourth-order valence-corrected chi connectivity index (χ4v) is 4.10. The molecule has 0 spiro atoms. The molecular weight excluding hydrogens is 351 g/mol. The first kappa shape index (κ1) is 17.0. The quantitative estimate of drug-likeness (QED) is 0.721. The van der Waals surface area contributed by atoms with Crippen LogP contribution < -0.4 is 4.72 Å². The largest absolute Gasteiger partial charge is 0.361 e. The minimum atomic E-state index is -3.68. The topological polar surface area (TPSA) is 62.0 Å². The smallest absolute Gasteiger partial charge is 0.240 e. The Hall–Kier alpha value is -1.89. The number of halogens is 2. The maximum Gasteiger partial charge on any atom is 0.240 e. The summed E-state index contributed by atoms with van der Waals surface area (Å²) in [6.45, 7) is 1.80. The zero-order valence-electron chi connectivity index (χ0n) is 12.9. The van der Waals surface area contributed by atoms with Crippen molar-refractivity contribution in [1.29, 1.82) is 0 Å². The van der Waals surface area contributed by atoms with Crippen molar-refractivity contribution >= 4 is 32.5 Å². The van der Waals surface area contributed by atoms with Crippen LogP contribution in [0.15, 0.2) is 47.5 Å². The van der Waals surface area contributed by atoms with Gasteiger partial charge in [-0.1, -0.05) is 11.6 Å². The van der Waals surface area contributed by atoms with Crippen LogP contribution in [0.5, 0.6) is 0 Å². The fourth-order valence-electron chi connectivity index (χ4n) is 2.67. The molecule has 3 rings (SSSR count). The summed E-state index contributed by atoms with van der Waals surface area (Å²) < 4.78 is 40.4. The van der Waals surface area contributed by atoms with Gasteiger partial charge in [0.25, 0.3) is 0 Å². The van der Waals surface area contributed by atoms with E-state index < -0.39 is 15.8 Å². The van der Waals surface area contributed by atoms with Gasteiger partial charge in [-0.2, -0.15) is 0 Å². The van der Waals surface area contributed by atoms with Crippen LogP contribution in [0.2, 0.25) is 5.02 Å². The van der Waals surface area contributed by atoms with Gasteiger partial charge in [-0.25, -0.2) is 17.5 Å². The van der Waals surface area contributed by atoms with E-state index in [-0.39, 0.29) is 11.4 Å². The van der Waals surface area contributed by atoms with E-state index in [9.17, 15) is 12.8 Å². The van der Waals surface area contributed by atoms with E-state index in [0.717, 1.165) is 22.5 Å². The minimum Gasteiger partial charge on any atom is -0.361 e. The summed E-state index contributed by atoms with van der Waals surface area (Å²) in [5.41, 5.74) is 2.30. The molecule has 4 nitrogen and oxygen atoms in total. The summed E-state index contributed by atoms with van der Waals surface area (Å²) in [7, 11) is -3.68. The van der Waals surface area contributed by atoms with E-state index in [4.69, 9.17) is 11.6 Å². The SMILES string of the molecule is Cc1cc(F)ccc1S(=O)(=O)NCCc1c[nH]c2ccc(Cl)cc12. The normalized spacial score (nSPS) is 12.0. The standard InChI is InChI=1S/C17H16ClFN2O2S/c1-11-8-14(19)3-5-17(11)24(22,23)21-7-6-12-10-20-16-4-2-13(18)9-15(12)16/h2-5,8-10,20-21H,6-7H2,1H3. The third kappa shape index (κ3) is 3.45. The molecule has 0 aliphatic rings. The van der Waals surface area contributed by atoms with Crippen molar-refractivity contribution in [3.8, 4) is 0 Å². The van der Waals surface area contributed by atoms with Crippen LogP contribution in [-0.4, -0.2) is 19.9 Å². The van der Waals surface area contributed by atoms with Gasteiger partial charge in [0.2, 0.25) is 10.0 Å². The van der Waals surface area contributed by atoms with Crippen molar-refractivity contribution in [3.05, 3.63) is 64.6 Å². The molecule has 1 aromatic heterocycles. The van der Waals surface area contributed by atoms with Gasteiger partial charge in [-0.05, 0) is 60.9 Å². The van der Waals surface area contributed by atoms with Crippen LogP contribution in [0.4, 0.5) is 4.39 Å². The number of benzene rings is 2. The molecule has 0 saturated carbocycles. The number of sulfonamides is 1. The lowest BCUT2D eigenvalue weighted by Gasteiger charge is -2.09. The third-order valence-electron chi connectivity index (χ3n) is 3.84. The number of H-pyrrole nitrogens is 1. The Labute approximate surface area is 144 Å². The Kier molecular flexibility index (Phi) is 4.62. The van der Waals surface area contributed by atoms with E-state index in [1.807, 2.05) is 18.3 Å². The summed E-state index contributed by atoms with van der Waals surface area (Å²) in [5, 5.41) is 1.60. The lowest BCUT2D eigenvalue weighted by Crippen LogP contribution is -2.26. The molecule has 1 heterocycles. The van der Waals surface area contributed by atoms with Gasteiger partial charge in [0.1, 0.15) is 5.82 Å². The van der Waals surface area contributed by atoms with Crippen molar-refractivity contribution in [1.82, 2.24) is 9.71 Å². The molecule has 0 bridgehead atoms. The highest BCUT2D eigenvalue weighted by atomic mass is 35.5. The highest BCUT2D eigenvalue weighted by Crippen LogP contribution is 2.23. The highest BCUT2D eigenvalue weighted by Gasteiger charge is 2.17. The molecule has 2 N–H and O–H groups in total. The van der Waals surface area contributed by atoms with E-state index in [2.05, 4.69) is 9.71 Å². The van der Waals surface area contributed by atoms with Gasteiger partial charge in [0.15, 0.2) is 0 Å². The summed E-state index contributed by atoms with van der Waals surface area (Å²) in [5.74, 6) is -0.456. The number of aromatic amines is 1. The van der Waals surface area contributed by atoms with Crippen LogP contribution >= 0.6 is 11.6 Å². The highest BCUT2D eigenvalue weighted by molar-refractivity contribution is 7.89. The number of nitrogens with one attached hydrogen (secondary N) is 2. The first-order valence-electron chi connectivity index (χ1n) is 7.38. The number of aromatic nitrogens is 1.